The van der Waals surface area contributed by atoms with E-state index in [4.69, 9.17) is 0 Å². The van der Waals surface area contributed by atoms with E-state index >= 15 is 0 Å². The Kier molecular flexibility index (Phi) is 3.52. The largest absolute Gasteiger partial charge is 0.331 e. The summed E-state index contributed by atoms with van der Waals surface area (Å²) in [5.74, 6) is 2.63. The van der Waals surface area contributed by atoms with Crippen molar-refractivity contribution in [1.82, 2.24) is 14.9 Å². The number of imidazole rings is 1. The quantitative estimate of drug-likeness (QED) is 0.651. The first-order chi connectivity index (χ1) is 10.4. The molecular formula is C18H23N3. The lowest BCUT2D eigenvalue weighted by Gasteiger charge is -2.18. The second kappa shape index (κ2) is 5.64. The van der Waals surface area contributed by atoms with Crippen molar-refractivity contribution in [3.05, 3.63) is 42.7 Å². The van der Waals surface area contributed by atoms with Gasteiger partial charge < -0.3 is 9.88 Å². The molecule has 1 fully saturated rings. The molecule has 3 unspecified atom stereocenters. The average molecular weight is 281 g/mol. The summed E-state index contributed by atoms with van der Waals surface area (Å²) in [6.45, 7) is 3.34. The van der Waals surface area contributed by atoms with Crippen molar-refractivity contribution in [1.29, 1.82) is 0 Å². The molecule has 2 aliphatic carbocycles. The second-order valence-electron chi connectivity index (χ2n) is 6.52. The van der Waals surface area contributed by atoms with Gasteiger partial charge in [-0.3, -0.25) is 0 Å². The van der Waals surface area contributed by atoms with E-state index in [9.17, 15) is 0 Å². The molecule has 3 atom stereocenters. The maximum Gasteiger partial charge on any atom is 0.0958 e. The molecule has 0 spiro atoms. The molecule has 1 saturated carbocycles. The third kappa shape index (κ3) is 2.62. The summed E-state index contributed by atoms with van der Waals surface area (Å²) in [4.78, 5) is 4.44. The second-order valence-corrected chi connectivity index (χ2v) is 6.52. The summed E-state index contributed by atoms with van der Waals surface area (Å²) in [5.41, 5.74) is 2.34. The summed E-state index contributed by atoms with van der Waals surface area (Å²) in [6.07, 6.45) is 10.8. The van der Waals surface area contributed by atoms with Crippen LogP contribution in [0.4, 0.5) is 0 Å². The number of hydrogen-bond donors (Lipinski definition) is 1. The molecule has 0 saturated heterocycles. The average Bonchev–Trinajstić information content (AvgIpc) is 3.22. The molecule has 4 rings (SSSR count). The van der Waals surface area contributed by atoms with Crippen LogP contribution in [0.25, 0.3) is 11.0 Å². The van der Waals surface area contributed by atoms with Gasteiger partial charge in [-0.25, -0.2) is 4.98 Å². The fourth-order valence-electron chi connectivity index (χ4n) is 3.98. The molecule has 2 aliphatic rings. The molecule has 0 amide bonds. The van der Waals surface area contributed by atoms with Crippen molar-refractivity contribution in [3.63, 3.8) is 0 Å². The number of nitrogens with zero attached hydrogens (tertiary/aromatic N) is 2. The van der Waals surface area contributed by atoms with Crippen LogP contribution in [0.15, 0.2) is 42.7 Å². The normalized spacial score (nSPS) is 27.0. The van der Waals surface area contributed by atoms with Crippen LogP contribution in [0.1, 0.15) is 19.3 Å². The third-order valence-electron chi connectivity index (χ3n) is 5.10. The van der Waals surface area contributed by atoms with E-state index < -0.39 is 0 Å². The molecular weight excluding hydrogens is 258 g/mol. The Balaban J connectivity index is 1.22. The summed E-state index contributed by atoms with van der Waals surface area (Å²) in [6, 6.07) is 8.36. The van der Waals surface area contributed by atoms with E-state index in [-0.39, 0.29) is 0 Å². The molecule has 1 N–H and O–H groups in total. The SMILES string of the molecule is C1=CC2CC1CC2CNCCCn1cnc2ccccc21. The first kappa shape index (κ1) is 13.1. The monoisotopic (exact) mass is 281 g/mol. The molecule has 0 radical (unpaired) electrons. The van der Waals surface area contributed by atoms with Crippen molar-refractivity contribution in [3.8, 4) is 0 Å². The van der Waals surface area contributed by atoms with E-state index in [1.807, 2.05) is 12.4 Å². The first-order valence-corrected chi connectivity index (χ1v) is 8.19. The predicted octanol–water partition coefficient (Wildman–Crippen LogP) is 3.23. The number of hydrogen-bond acceptors (Lipinski definition) is 2. The lowest BCUT2D eigenvalue weighted by molar-refractivity contribution is 0.410. The molecule has 3 nitrogen and oxygen atoms in total. The molecule has 2 aromatic rings. The van der Waals surface area contributed by atoms with E-state index in [2.05, 4.69) is 45.2 Å². The number of fused-ring (bicyclic) bond motifs is 3. The van der Waals surface area contributed by atoms with E-state index in [1.165, 1.54) is 24.9 Å². The Morgan fingerprint density at radius 1 is 1.19 bits per heavy atom. The molecule has 1 aromatic carbocycles. The van der Waals surface area contributed by atoms with Gasteiger partial charge >= 0.3 is 0 Å². The minimum Gasteiger partial charge on any atom is -0.331 e. The van der Waals surface area contributed by atoms with Crippen LogP contribution in [0.3, 0.4) is 0 Å². The van der Waals surface area contributed by atoms with E-state index in [0.717, 1.165) is 42.8 Å². The lowest BCUT2D eigenvalue weighted by Crippen LogP contribution is -2.26. The summed E-state index contributed by atoms with van der Waals surface area (Å²) >= 11 is 0. The van der Waals surface area contributed by atoms with Crippen molar-refractivity contribution < 1.29 is 0 Å². The molecule has 2 bridgehead atoms. The van der Waals surface area contributed by atoms with Crippen molar-refractivity contribution in [2.45, 2.75) is 25.8 Å². The Bertz CT molecular complexity index is 643. The Labute approximate surface area is 126 Å². The number of aromatic nitrogens is 2. The lowest BCUT2D eigenvalue weighted by atomic mass is 9.94. The topological polar surface area (TPSA) is 29.9 Å². The molecule has 1 heterocycles. The van der Waals surface area contributed by atoms with Gasteiger partial charge in [0.1, 0.15) is 0 Å². The number of nitrogens with one attached hydrogen (secondary N) is 1. The van der Waals surface area contributed by atoms with Crippen LogP contribution < -0.4 is 5.32 Å². The van der Waals surface area contributed by atoms with Gasteiger partial charge in [-0.2, -0.15) is 0 Å². The zero-order chi connectivity index (χ0) is 14.1. The fourth-order valence-corrected chi connectivity index (χ4v) is 3.98. The minimum absolute atomic E-state index is 0.861. The highest BCUT2D eigenvalue weighted by Crippen LogP contribution is 2.42. The van der Waals surface area contributed by atoms with Gasteiger partial charge in [-0.1, -0.05) is 24.3 Å². The van der Waals surface area contributed by atoms with Crippen LogP contribution in [-0.2, 0) is 6.54 Å². The van der Waals surface area contributed by atoms with Crippen molar-refractivity contribution in [2.75, 3.05) is 13.1 Å². The summed E-state index contributed by atoms with van der Waals surface area (Å²) in [5, 5.41) is 3.66. The summed E-state index contributed by atoms with van der Waals surface area (Å²) in [7, 11) is 0. The molecule has 1 aromatic heterocycles. The molecule has 3 heteroatoms. The maximum atomic E-state index is 4.44. The Hall–Kier alpha value is -1.61. The number of benzene rings is 1. The predicted molar refractivity (Wildman–Crippen MR) is 86.1 cm³/mol. The van der Waals surface area contributed by atoms with Gasteiger partial charge in [-0.15, -0.1) is 0 Å². The standard InChI is InChI=1S/C18H23N3/c1-2-5-18-17(4-1)20-13-21(18)9-3-8-19-12-16-11-14-6-7-15(16)10-14/h1-2,4-7,13-16,19H,3,8-12H2. The van der Waals surface area contributed by atoms with Gasteiger partial charge in [0.05, 0.1) is 17.4 Å². The first-order valence-electron chi connectivity index (χ1n) is 8.19. The smallest absolute Gasteiger partial charge is 0.0958 e. The zero-order valence-electron chi connectivity index (χ0n) is 12.4. The number of rotatable bonds is 6. The number of aryl methyl sites for hydroxylation is 1. The van der Waals surface area contributed by atoms with Crippen molar-refractivity contribution in [2.24, 2.45) is 17.8 Å². The third-order valence-corrected chi connectivity index (χ3v) is 5.10. The zero-order valence-corrected chi connectivity index (χ0v) is 12.4. The van der Waals surface area contributed by atoms with Crippen molar-refractivity contribution >= 4 is 11.0 Å². The van der Waals surface area contributed by atoms with Gasteiger partial charge in [0, 0.05) is 6.54 Å². The highest BCUT2D eigenvalue weighted by Gasteiger charge is 2.34. The Morgan fingerprint density at radius 3 is 3.00 bits per heavy atom. The Morgan fingerprint density at radius 2 is 2.14 bits per heavy atom. The van der Waals surface area contributed by atoms with Crippen LogP contribution in [0.2, 0.25) is 0 Å². The number of allylic oxidation sites excluding steroid dienone is 2. The van der Waals surface area contributed by atoms with Gasteiger partial charge in [0.25, 0.3) is 0 Å². The van der Waals surface area contributed by atoms with Crippen LogP contribution >= 0.6 is 0 Å². The molecule has 21 heavy (non-hydrogen) atoms. The molecule has 110 valence electrons. The highest BCUT2D eigenvalue weighted by molar-refractivity contribution is 5.74. The summed E-state index contributed by atoms with van der Waals surface area (Å²) < 4.78 is 2.26. The highest BCUT2D eigenvalue weighted by atomic mass is 15.0. The minimum atomic E-state index is 0.861. The van der Waals surface area contributed by atoms with E-state index in [1.54, 1.807) is 0 Å². The maximum absolute atomic E-state index is 4.44. The van der Waals surface area contributed by atoms with Gasteiger partial charge in [0.15, 0.2) is 0 Å². The van der Waals surface area contributed by atoms with Crippen LogP contribution in [-0.4, -0.2) is 22.6 Å². The van der Waals surface area contributed by atoms with E-state index in [0.29, 0.717) is 0 Å². The molecule has 0 aliphatic heterocycles. The van der Waals surface area contributed by atoms with Crippen LogP contribution in [0, 0.1) is 17.8 Å². The fraction of sp³-hybridized carbons (Fsp3) is 0.500. The van der Waals surface area contributed by atoms with Gasteiger partial charge in [-0.05, 0) is 62.2 Å². The van der Waals surface area contributed by atoms with Crippen LogP contribution in [0.5, 0.6) is 0 Å². The number of para-hydroxylation sites is 2. The van der Waals surface area contributed by atoms with Gasteiger partial charge in [0.2, 0.25) is 0 Å².